The maximum Gasteiger partial charge on any atom is 0.185 e. The Morgan fingerprint density at radius 1 is 1.23 bits per heavy atom. The normalized spacial score (nSPS) is 11.8. The van der Waals surface area contributed by atoms with E-state index >= 15 is 0 Å². The first-order valence-electron chi connectivity index (χ1n) is 4.47. The zero-order valence-corrected chi connectivity index (χ0v) is 10.1. The molecular weight excluding hydrogens is 180 g/mol. The van der Waals surface area contributed by atoms with Crippen molar-refractivity contribution in [2.45, 2.75) is 33.1 Å². The summed E-state index contributed by atoms with van der Waals surface area (Å²) in [6, 6.07) is 0. The molecule has 1 aromatic heterocycles. The molecule has 74 valence electrons. The maximum atomic E-state index is 4.52. The standard InChI is InChI=1S/C10H18N2S/c1-7-8(10(2,3)4)13-9(11-7)12(5)6/h1-6H3. The van der Waals surface area contributed by atoms with Crippen molar-refractivity contribution in [1.29, 1.82) is 0 Å². The van der Waals surface area contributed by atoms with Crippen molar-refractivity contribution in [2.75, 3.05) is 19.0 Å². The van der Waals surface area contributed by atoms with Crippen molar-refractivity contribution in [3.8, 4) is 0 Å². The largest absolute Gasteiger partial charge is 0.354 e. The number of hydrogen-bond acceptors (Lipinski definition) is 3. The fourth-order valence-electron chi connectivity index (χ4n) is 1.27. The number of nitrogens with zero attached hydrogens (tertiary/aromatic N) is 2. The molecule has 1 aromatic rings. The van der Waals surface area contributed by atoms with Gasteiger partial charge >= 0.3 is 0 Å². The van der Waals surface area contributed by atoms with Gasteiger partial charge in [-0.2, -0.15) is 0 Å². The highest BCUT2D eigenvalue weighted by atomic mass is 32.1. The number of aryl methyl sites for hydroxylation is 1. The molecule has 3 heteroatoms. The Bertz CT molecular complexity index is 294. The molecule has 0 aliphatic carbocycles. The molecule has 0 N–H and O–H groups in total. The Labute approximate surface area is 84.6 Å². The third-order valence-electron chi connectivity index (χ3n) is 1.85. The van der Waals surface area contributed by atoms with Crippen LogP contribution < -0.4 is 4.90 Å². The third-order valence-corrected chi connectivity index (χ3v) is 3.60. The van der Waals surface area contributed by atoms with Crippen LogP contribution in [0.5, 0.6) is 0 Å². The van der Waals surface area contributed by atoms with Gasteiger partial charge in [0.1, 0.15) is 0 Å². The number of anilines is 1. The molecule has 0 aliphatic heterocycles. The number of thiazole rings is 1. The van der Waals surface area contributed by atoms with E-state index in [1.807, 2.05) is 14.1 Å². The highest BCUT2D eigenvalue weighted by molar-refractivity contribution is 7.15. The second kappa shape index (κ2) is 3.29. The average Bonchev–Trinajstić information content (AvgIpc) is 2.29. The Morgan fingerprint density at radius 3 is 2.00 bits per heavy atom. The molecule has 1 heterocycles. The van der Waals surface area contributed by atoms with E-state index in [4.69, 9.17) is 0 Å². The van der Waals surface area contributed by atoms with Crippen molar-refractivity contribution < 1.29 is 0 Å². The van der Waals surface area contributed by atoms with Crippen LogP contribution in [-0.4, -0.2) is 19.1 Å². The summed E-state index contributed by atoms with van der Waals surface area (Å²) in [5, 5.41) is 1.10. The molecule has 0 aliphatic rings. The molecule has 0 radical (unpaired) electrons. The summed E-state index contributed by atoms with van der Waals surface area (Å²) >= 11 is 1.79. The Kier molecular flexibility index (Phi) is 2.66. The van der Waals surface area contributed by atoms with Crippen LogP contribution in [0.4, 0.5) is 5.13 Å². The van der Waals surface area contributed by atoms with Gasteiger partial charge in [-0.05, 0) is 12.3 Å². The van der Waals surface area contributed by atoms with Gasteiger partial charge in [0.25, 0.3) is 0 Å². The zero-order valence-electron chi connectivity index (χ0n) is 9.30. The predicted octanol–water partition coefficient (Wildman–Crippen LogP) is 2.82. The minimum absolute atomic E-state index is 0.218. The van der Waals surface area contributed by atoms with E-state index in [1.54, 1.807) is 11.3 Å². The quantitative estimate of drug-likeness (QED) is 0.690. The van der Waals surface area contributed by atoms with Crippen LogP contribution in [0.2, 0.25) is 0 Å². The van der Waals surface area contributed by atoms with Gasteiger partial charge < -0.3 is 4.90 Å². The summed E-state index contributed by atoms with van der Waals surface area (Å²) in [5.41, 5.74) is 1.39. The molecule has 2 nitrogen and oxygen atoms in total. The van der Waals surface area contributed by atoms with Gasteiger partial charge in [-0.3, -0.25) is 0 Å². The van der Waals surface area contributed by atoms with Crippen molar-refractivity contribution >= 4 is 16.5 Å². The lowest BCUT2D eigenvalue weighted by molar-refractivity contribution is 0.598. The molecule has 0 saturated heterocycles. The predicted molar refractivity (Wildman–Crippen MR) is 59.9 cm³/mol. The summed E-state index contributed by atoms with van der Waals surface area (Å²) in [6.45, 7) is 8.77. The van der Waals surface area contributed by atoms with Crippen molar-refractivity contribution in [3.05, 3.63) is 10.6 Å². The van der Waals surface area contributed by atoms with E-state index in [9.17, 15) is 0 Å². The van der Waals surface area contributed by atoms with E-state index in [0.717, 1.165) is 5.13 Å². The molecule has 0 unspecified atom stereocenters. The lowest BCUT2D eigenvalue weighted by Crippen LogP contribution is -2.10. The van der Waals surface area contributed by atoms with Gasteiger partial charge in [0.05, 0.1) is 5.69 Å². The molecule has 0 amide bonds. The van der Waals surface area contributed by atoms with Crippen LogP contribution in [0.3, 0.4) is 0 Å². The second-order valence-electron chi connectivity index (χ2n) is 4.56. The van der Waals surface area contributed by atoms with E-state index in [1.165, 1.54) is 10.6 Å². The van der Waals surface area contributed by atoms with Crippen LogP contribution in [0, 0.1) is 6.92 Å². The highest BCUT2D eigenvalue weighted by Gasteiger charge is 2.21. The van der Waals surface area contributed by atoms with Gasteiger partial charge in [0.2, 0.25) is 0 Å². The molecule has 1 rings (SSSR count). The summed E-state index contributed by atoms with van der Waals surface area (Å²) < 4.78 is 0. The summed E-state index contributed by atoms with van der Waals surface area (Å²) in [4.78, 5) is 7.97. The second-order valence-corrected chi connectivity index (χ2v) is 5.53. The summed E-state index contributed by atoms with van der Waals surface area (Å²) in [5.74, 6) is 0. The molecular formula is C10H18N2S. The fraction of sp³-hybridized carbons (Fsp3) is 0.700. The molecule has 0 fully saturated rings. The van der Waals surface area contributed by atoms with Gasteiger partial charge in [-0.25, -0.2) is 4.98 Å². The van der Waals surface area contributed by atoms with Crippen molar-refractivity contribution in [3.63, 3.8) is 0 Å². The molecule has 0 bridgehead atoms. The highest BCUT2D eigenvalue weighted by Crippen LogP contribution is 2.34. The summed E-state index contributed by atoms with van der Waals surface area (Å²) in [6.07, 6.45) is 0. The van der Waals surface area contributed by atoms with Crippen molar-refractivity contribution in [1.82, 2.24) is 4.98 Å². The smallest absolute Gasteiger partial charge is 0.185 e. The van der Waals surface area contributed by atoms with Crippen LogP contribution in [0.25, 0.3) is 0 Å². The van der Waals surface area contributed by atoms with Crippen LogP contribution >= 0.6 is 11.3 Å². The summed E-state index contributed by atoms with van der Waals surface area (Å²) in [7, 11) is 4.06. The lowest BCUT2D eigenvalue weighted by Gasteiger charge is -2.16. The first-order valence-corrected chi connectivity index (χ1v) is 5.29. The number of aromatic nitrogens is 1. The molecule has 0 spiro atoms. The Morgan fingerprint density at radius 2 is 1.77 bits per heavy atom. The Hall–Kier alpha value is -0.570. The molecule has 0 saturated carbocycles. The van der Waals surface area contributed by atoms with Crippen molar-refractivity contribution in [2.24, 2.45) is 0 Å². The lowest BCUT2D eigenvalue weighted by atomic mass is 9.94. The van der Waals surface area contributed by atoms with E-state index < -0.39 is 0 Å². The minimum Gasteiger partial charge on any atom is -0.354 e. The number of rotatable bonds is 1. The first-order chi connectivity index (χ1) is 5.82. The Balaban J connectivity index is 3.11. The maximum absolute atomic E-state index is 4.52. The zero-order chi connectivity index (χ0) is 10.2. The van der Waals surface area contributed by atoms with Gasteiger partial charge in [0, 0.05) is 19.0 Å². The monoisotopic (exact) mass is 198 g/mol. The van der Waals surface area contributed by atoms with Gasteiger partial charge in [-0.15, -0.1) is 11.3 Å². The molecule has 13 heavy (non-hydrogen) atoms. The van der Waals surface area contributed by atoms with Gasteiger partial charge in [0.15, 0.2) is 5.13 Å². The topological polar surface area (TPSA) is 16.1 Å². The van der Waals surface area contributed by atoms with E-state index in [0.29, 0.717) is 0 Å². The third kappa shape index (κ3) is 2.21. The van der Waals surface area contributed by atoms with E-state index in [-0.39, 0.29) is 5.41 Å². The van der Waals surface area contributed by atoms with Gasteiger partial charge in [-0.1, -0.05) is 20.8 Å². The average molecular weight is 198 g/mol. The number of hydrogen-bond donors (Lipinski definition) is 0. The SMILES string of the molecule is Cc1nc(N(C)C)sc1C(C)(C)C. The molecule has 0 atom stereocenters. The fourth-order valence-corrected chi connectivity index (χ4v) is 2.32. The molecule has 0 aromatic carbocycles. The van der Waals surface area contributed by atoms with E-state index in [2.05, 4.69) is 37.6 Å². The van der Waals surface area contributed by atoms with Crippen LogP contribution in [0.15, 0.2) is 0 Å². The minimum atomic E-state index is 0.218. The first kappa shape index (κ1) is 10.5. The van der Waals surface area contributed by atoms with Crippen LogP contribution in [-0.2, 0) is 5.41 Å². The van der Waals surface area contributed by atoms with Crippen LogP contribution in [0.1, 0.15) is 31.3 Å².